The van der Waals surface area contributed by atoms with Gasteiger partial charge in [0.05, 0.1) is 19.6 Å². The monoisotopic (exact) mass is 515 g/mol. The molecule has 1 aromatic heterocycles. The smallest absolute Gasteiger partial charge is 0.230 e. The molecule has 1 aliphatic carbocycles. The van der Waals surface area contributed by atoms with E-state index in [9.17, 15) is 9.59 Å². The lowest BCUT2D eigenvalue weighted by atomic mass is 9.76. The molecule has 5 unspecified atom stereocenters. The van der Waals surface area contributed by atoms with Gasteiger partial charge in [-0.25, -0.2) is 0 Å². The Morgan fingerprint density at radius 3 is 2.77 bits per heavy atom. The van der Waals surface area contributed by atoms with Crippen LogP contribution in [-0.2, 0) is 16.0 Å². The van der Waals surface area contributed by atoms with E-state index in [1.807, 2.05) is 24.3 Å². The minimum absolute atomic E-state index is 0.0640. The van der Waals surface area contributed by atoms with Crippen LogP contribution in [0.15, 0.2) is 29.3 Å². The van der Waals surface area contributed by atoms with Gasteiger partial charge in [0, 0.05) is 18.1 Å². The Balaban J connectivity index is 1.39. The molecule has 2 amide bonds. The molecule has 5 atom stereocenters. The number of nitrogens with one attached hydrogen (secondary N) is 2. The summed E-state index contributed by atoms with van der Waals surface area (Å²) in [7, 11) is 1.62. The molecule has 0 saturated heterocycles. The zero-order valence-electron chi connectivity index (χ0n) is 20.6. The molecule has 2 aromatic rings. The van der Waals surface area contributed by atoms with E-state index in [1.54, 1.807) is 18.9 Å². The summed E-state index contributed by atoms with van der Waals surface area (Å²) < 4.78 is 5.27. The Morgan fingerprint density at radius 1 is 1.17 bits per heavy atom. The number of methoxy groups -OCH3 is 1. The third-order valence-corrected chi connectivity index (χ3v) is 9.36. The van der Waals surface area contributed by atoms with Crippen LogP contribution >= 0.6 is 23.1 Å². The fraction of sp³-hybridized carbons (Fsp3) is 0.560. The molecular formula is C25H33N5O3S2. The second-order valence-electron chi connectivity index (χ2n) is 9.44. The highest BCUT2D eigenvalue weighted by molar-refractivity contribution is 8.14. The maximum atomic E-state index is 12.8. The molecule has 1 aliphatic heterocycles. The van der Waals surface area contributed by atoms with Crippen LogP contribution in [0.1, 0.15) is 62.9 Å². The highest BCUT2D eigenvalue weighted by Crippen LogP contribution is 2.45. The number of benzene rings is 1. The van der Waals surface area contributed by atoms with Gasteiger partial charge in [-0.15, -0.1) is 10.2 Å². The lowest BCUT2D eigenvalue weighted by molar-refractivity contribution is -0.119. The number of rotatable bonds is 6. The summed E-state index contributed by atoms with van der Waals surface area (Å²) in [5.74, 6) is 1.81. The van der Waals surface area contributed by atoms with Gasteiger partial charge in [-0.05, 0) is 55.7 Å². The minimum atomic E-state index is -0.129. The number of aromatic nitrogens is 2. The van der Waals surface area contributed by atoms with Crippen LogP contribution in [0, 0.1) is 11.8 Å². The average Bonchev–Trinajstić information content (AvgIpc) is 3.29. The van der Waals surface area contributed by atoms with E-state index in [4.69, 9.17) is 9.73 Å². The molecule has 1 fully saturated rings. The molecule has 0 radical (unpaired) electrons. The maximum Gasteiger partial charge on any atom is 0.230 e. The highest BCUT2D eigenvalue weighted by Gasteiger charge is 2.39. The van der Waals surface area contributed by atoms with Crippen LogP contribution in [0.3, 0.4) is 0 Å². The Labute approximate surface area is 214 Å². The first kappa shape index (κ1) is 25.6. The third kappa shape index (κ3) is 6.61. The molecule has 4 rings (SSSR count). The SMILES string of the molecule is COc1cccc(CC(=O)NC2=NC(C)C(C)C(C3CCCC(c4nnc(NC(C)=O)s4)C3)S2)c1. The van der Waals surface area contributed by atoms with Crippen molar-refractivity contribution in [1.29, 1.82) is 0 Å². The van der Waals surface area contributed by atoms with Crippen LogP contribution in [0.2, 0.25) is 0 Å². The first-order chi connectivity index (χ1) is 16.8. The summed E-state index contributed by atoms with van der Waals surface area (Å²) in [6, 6.07) is 7.72. The van der Waals surface area contributed by atoms with Gasteiger partial charge in [-0.3, -0.25) is 14.6 Å². The molecule has 8 nitrogen and oxygen atoms in total. The van der Waals surface area contributed by atoms with E-state index in [2.05, 4.69) is 34.7 Å². The van der Waals surface area contributed by atoms with Gasteiger partial charge < -0.3 is 15.4 Å². The van der Waals surface area contributed by atoms with Gasteiger partial charge in [0.25, 0.3) is 0 Å². The molecule has 10 heteroatoms. The lowest BCUT2D eigenvalue weighted by Gasteiger charge is -2.40. The van der Waals surface area contributed by atoms with Crippen LogP contribution in [-0.4, -0.2) is 45.6 Å². The topological polar surface area (TPSA) is 106 Å². The van der Waals surface area contributed by atoms with E-state index >= 15 is 0 Å². The van der Waals surface area contributed by atoms with Crippen molar-refractivity contribution in [3.8, 4) is 5.75 Å². The van der Waals surface area contributed by atoms with E-state index in [-0.39, 0.29) is 24.3 Å². The summed E-state index contributed by atoms with van der Waals surface area (Å²) in [4.78, 5) is 28.9. The molecule has 0 bridgehead atoms. The van der Waals surface area contributed by atoms with Crippen LogP contribution in [0.4, 0.5) is 5.13 Å². The largest absolute Gasteiger partial charge is 0.497 e. The van der Waals surface area contributed by atoms with Gasteiger partial charge in [0.1, 0.15) is 10.8 Å². The number of aliphatic imine (C=N–C) groups is 1. The zero-order valence-corrected chi connectivity index (χ0v) is 22.2. The molecule has 1 saturated carbocycles. The summed E-state index contributed by atoms with van der Waals surface area (Å²) in [5, 5.41) is 17.0. The number of amides is 2. The van der Waals surface area contributed by atoms with Crippen LogP contribution < -0.4 is 15.4 Å². The van der Waals surface area contributed by atoms with E-state index in [1.165, 1.54) is 18.3 Å². The molecule has 0 spiro atoms. The first-order valence-corrected chi connectivity index (χ1v) is 13.8. The third-order valence-electron chi connectivity index (χ3n) is 6.85. The number of nitrogens with zero attached hydrogens (tertiary/aromatic N) is 3. The number of hydrogen-bond acceptors (Lipinski definition) is 8. The summed E-state index contributed by atoms with van der Waals surface area (Å²) >= 11 is 3.19. The van der Waals surface area contributed by atoms with Crippen molar-refractivity contribution in [1.82, 2.24) is 15.5 Å². The lowest BCUT2D eigenvalue weighted by Crippen LogP contribution is -2.42. The predicted octanol–water partition coefficient (Wildman–Crippen LogP) is 4.63. The number of carbonyl (C=O) groups is 2. The standard InChI is InChI=1S/C25H33N5O3S2/c1-14-15(2)26-24(28-21(32)12-17-7-5-10-20(11-17)33-4)34-22(14)18-8-6-9-19(13-18)23-29-30-25(35-23)27-16(3)31/h5,7,10-11,14-15,18-19,22H,6,8-9,12-13H2,1-4H3,(H,26,28,32)(H,27,30,31). The van der Waals surface area contributed by atoms with E-state index in [0.29, 0.717) is 28.1 Å². The molecule has 188 valence electrons. The fourth-order valence-electron chi connectivity index (χ4n) is 4.91. The number of thioether (sulfide) groups is 1. The molecular weight excluding hydrogens is 482 g/mol. The maximum absolute atomic E-state index is 12.8. The average molecular weight is 516 g/mol. The van der Waals surface area contributed by atoms with Crippen molar-refractivity contribution in [2.45, 2.75) is 70.1 Å². The van der Waals surface area contributed by atoms with E-state index in [0.717, 1.165) is 47.2 Å². The minimum Gasteiger partial charge on any atom is -0.497 e. The summed E-state index contributed by atoms with van der Waals surface area (Å²) in [6.07, 6.45) is 4.70. The number of carbonyl (C=O) groups excluding carboxylic acids is 2. The van der Waals surface area contributed by atoms with Crippen LogP contribution in [0.25, 0.3) is 0 Å². The molecule has 1 aromatic carbocycles. The van der Waals surface area contributed by atoms with Gasteiger partial charge in [-0.2, -0.15) is 0 Å². The van der Waals surface area contributed by atoms with Crippen molar-refractivity contribution >= 4 is 45.2 Å². The van der Waals surface area contributed by atoms with Gasteiger partial charge >= 0.3 is 0 Å². The fourth-order valence-corrected chi connectivity index (χ4v) is 7.39. The Morgan fingerprint density at radius 2 is 2.00 bits per heavy atom. The second kappa shape index (κ2) is 11.5. The first-order valence-electron chi connectivity index (χ1n) is 12.1. The molecule has 2 heterocycles. The number of hydrogen-bond donors (Lipinski definition) is 2. The Hall–Kier alpha value is -2.46. The van der Waals surface area contributed by atoms with Crippen molar-refractivity contribution in [2.24, 2.45) is 16.8 Å². The van der Waals surface area contributed by atoms with Crippen molar-refractivity contribution in [2.75, 3.05) is 12.4 Å². The number of amidine groups is 1. The van der Waals surface area contributed by atoms with E-state index < -0.39 is 0 Å². The summed E-state index contributed by atoms with van der Waals surface area (Å²) in [5.41, 5.74) is 0.909. The number of ether oxygens (including phenoxy) is 1. The van der Waals surface area contributed by atoms with Crippen molar-refractivity contribution in [3.05, 3.63) is 34.8 Å². The molecule has 2 N–H and O–H groups in total. The van der Waals surface area contributed by atoms with Crippen molar-refractivity contribution in [3.63, 3.8) is 0 Å². The highest BCUT2D eigenvalue weighted by atomic mass is 32.2. The van der Waals surface area contributed by atoms with Gasteiger partial charge in [-0.1, -0.05) is 48.6 Å². The quantitative estimate of drug-likeness (QED) is 0.581. The van der Waals surface area contributed by atoms with Gasteiger partial charge in [0.15, 0.2) is 5.17 Å². The zero-order chi connectivity index (χ0) is 24.9. The van der Waals surface area contributed by atoms with Crippen molar-refractivity contribution < 1.29 is 14.3 Å². The Bertz CT molecular complexity index is 1090. The normalized spacial score (nSPS) is 26.5. The predicted molar refractivity (Wildman–Crippen MR) is 141 cm³/mol. The molecule has 35 heavy (non-hydrogen) atoms. The number of anilines is 1. The Kier molecular flexibility index (Phi) is 8.43. The molecule has 2 aliphatic rings. The second-order valence-corrected chi connectivity index (χ2v) is 11.6. The summed E-state index contributed by atoms with van der Waals surface area (Å²) in [6.45, 7) is 5.88. The van der Waals surface area contributed by atoms with Gasteiger partial charge in [0.2, 0.25) is 16.9 Å². The van der Waals surface area contributed by atoms with Crippen LogP contribution in [0.5, 0.6) is 5.75 Å².